The van der Waals surface area contributed by atoms with Crippen LogP contribution in [0.4, 0.5) is 4.39 Å². The molecule has 0 spiro atoms. The summed E-state index contributed by atoms with van der Waals surface area (Å²) in [5.41, 5.74) is 3.36. The fourth-order valence-electron chi connectivity index (χ4n) is 5.83. The topological polar surface area (TPSA) is 92.3 Å². The number of allylic oxidation sites excluding steroid dienone is 4. The Morgan fingerprint density at radius 1 is 1.04 bits per heavy atom. The molecule has 2 atom stereocenters. The molecule has 0 radical (unpaired) electrons. The van der Waals surface area contributed by atoms with E-state index in [0.29, 0.717) is 40.6 Å². The molecule has 2 amide bonds. The quantitative estimate of drug-likeness (QED) is 0.167. The van der Waals surface area contributed by atoms with E-state index in [9.17, 15) is 22.4 Å². The number of hydrogen-bond acceptors (Lipinski definition) is 4. The van der Waals surface area contributed by atoms with Crippen LogP contribution in [0.3, 0.4) is 0 Å². The third-order valence-electron chi connectivity index (χ3n) is 8.62. The van der Waals surface area contributed by atoms with Crippen LogP contribution in [0.2, 0.25) is 5.02 Å². The van der Waals surface area contributed by atoms with Crippen LogP contribution in [0.25, 0.3) is 0 Å². The highest BCUT2D eigenvalue weighted by Crippen LogP contribution is 2.34. The van der Waals surface area contributed by atoms with Crippen LogP contribution in [0.5, 0.6) is 0 Å². The molecule has 1 fully saturated rings. The molecule has 2 aromatic carbocycles. The number of carbonyl (C=O) groups excluding carboxylic acids is 2. The number of nitrogens with one attached hydrogen (secondary N) is 2. The fraction of sp³-hybridized carbons (Fsp3) is 0.444. The Morgan fingerprint density at radius 2 is 1.76 bits per heavy atom. The number of amides is 2. The number of rotatable bonds is 13. The molecule has 2 aromatic rings. The first-order valence-electron chi connectivity index (χ1n) is 15.7. The Labute approximate surface area is 273 Å². The molecule has 1 aliphatic carbocycles. The standard InChI is InChI=1S/C36H46ClFN2O4S/c1-5-25(3)32(34(23-31(6-2)45(4,43)44)40-36(42)28-14-10-15-30(37)22-28)20-19-26-11-9-12-27(18-17-26)21-35(41)39-24-29-13-7-8-16-33(29)38/h6-8,10,13-16,22-23,26-27H,5,9,11-12,17-21,24H2,1-4H3,(H,39,41)(H,40,42). The number of carbonyl (C=O) groups is 2. The summed E-state index contributed by atoms with van der Waals surface area (Å²) in [6.07, 6.45) is 12.0. The lowest BCUT2D eigenvalue weighted by molar-refractivity contribution is -0.122. The SMILES string of the molecule is CC=C(C=C(NC(=O)c1cccc(Cl)c1)C(CCC1CCCC(CC(=O)NCc2ccccc2F)CC1)=C(C)CC)S(C)(=O)=O. The van der Waals surface area contributed by atoms with Gasteiger partial charge in [0.05, 0.1) is 4.91 Å². The number of sulfone groups is 1. The summed E-state index contributed by atoms with van der Waals surface area (Å²) < 4.78 is 39.0. The highest BCUT2D eigenvalue weighted by atomic mass is 35.5. The van der Waals surface area contributed by atoms with Crippen molar-refractivity contribution in [2.45, 2.75) is 85.1 Å². The second kappa shape index (κ2) is 17.5. The van der Waals surface area contributed by atoms with Crippen molar-refractivity contribution in [3.05, 3.63) is 104 Å². The van der Waals surface area contributed by atoms with E-state index < -0.39 is 9.84 Å². The Morgan fingerprint density at radius 3 is 2.42 bits per heavy atom. The molecule has 2 unspecified atom stereocenters. The Kier molecular flexibility index (Phi) is 14.1. The summed E-state index contributed by atoms with van der Waals surface area (Å²) in [5, 5.41) is 6.31. The van der Waals surface area contributed by atoms with Crippen molar-refractivity contribution >= 4 is 33.3 Å². The van der Waals surface area contributed by atoms with Gasteiger partial charge < -0.3 is 10.6 Å². The zero-order valence-electron chi connectivity index (χ0n) is 26.8. The second-order valence-corrected chi connectivity index (χ2v) is 14.4. The zero-order valence-corrected chi connectivity index (χ0v) is 28.4. The van der Waals surface area contributed by atoms with Gasteiger partial charge in [0, 0.05) is 41.1 Å². The van der Waals surface area contributed by atoms with Gasteiger partial charge in [0.1, 0.15) is 5.82 Å². The third-order valence-corrected chi connectivity index (χ3v) is 10.1. The maximum atomic E-state index is 13.9. The normalized spacial score (nSPS) is 18.5. The van der Waals surface area contributed by atoms with E-state index in [0.717, 1.165) is 62.3 Å². The maximum Gasteiger partial charge on any atom is 0.255 e. The summed E-state index contributed by atoms with van der Waals surface area (Å²) in [5.74, 6) is -0.0113. The molecule has 0 bridgehead atoms. The summed E-state index contributed by atoms with van der Waals surface area (Å²) in [7, 11) is -3.52. The van der Waals surface area contributed by atoms with Gasteiger partial charge in [-0.15, -0.1) is 0 Å². The summed E-state index contributed by atoms with van der Waals surface area (Å²) in [6.45, 7) is 5.92. The van der Waals surface area contributed by atoms with Crippen molar-refractivity contribution in [1.82, 2.24) is 10.6 Å². The number of halogens is 2. The first-order chi connectivity index (χ1) is 21.4. The predicted molar refractivity (Wildman–Crippen MR) is 181 cm³/mol. The van der Waals surface area contributed by atoms with E-state index in [1.165, 1.54) is 12.1 Å². The largest absolute Gasteiger partial charge is 0.352 e. The van der Waals surface area contributed by atoms with Crippen molar-refractivity contribution in [1.29, 1.82) is 0 Å². The average Bonchev–Trinajstić information content (AvgIpc) is 3.23. The Bertz CT molecular complexity index is 1550. The van der Waals surface area contributed by atoms with Gasteiger partial charge in [-0.2, -0.15) is 0 Å². The molecule has 9 heteroatoms. The Balaban J connectivity index is 1.70. The summed E-state index contributed by atoms with van der Waals surface area (Å²) in [6, 6.07) is 13.1. The van der Waals surface area contributed by atoms with E-state index in [2.05, 4.69) is 10.6 Å². The molecule has 3 rings (SSSR count). The van der Waals surface area contributed by atoms with Crippen LogP contribution >= 0.6 is 11.6 Å². The van der Waals surface area contributed by atoms with Crippen LogP contribution in [0, 0.1) is 17.7 Å². The first kappa shape index (κ1) is 36.2. The number of hydrogen-bond donors (Lipinski definition) is 2. The van der Waals surface area contributed by atoms with Gasteiger partial charge >= 0.3 is 0 Å². The van der Waals surface area contributed by atoms with Gasteiger partial charge in [0.2, 0.25) is 5.91 Å². The van der Waals surface area contributed by atoms with E-state index >= 15 is 0 Å². The minimum absolute atomic E-state index is 0.0543. The highest BCUT2D eigenvalue weighted by molar-refractivity contribution is 7.94. The van der Waals surface area contributed by atoms with Gasteiger partial charge in [-0.05, 0) is 93.7 Å². The molecule has 0 heterocycles. The second-order valence-electron chi connectivity index (χ2n) is 11.9. The van der Waals surface area contributed by atoms with Crippen LogP contribution in [0.15, 0.2) is 82.4 Å². The molecule has 6 nitrogen and oxygen atoms in total. The number of benzene rings is 2. The van der Waals surface area contributed by atoms with E-state index in [1.807, 2.05) is 13.8 Å². The van der Waals surface area contributed by atoms with E-state index in [1.54, 1.807) is 55.5 Å². The van der Waals surface area contributed by atoms with Gasteiger partial charge in [-0.3, -0.25) is 9.59 Å². The van der Waals surface area contributed by atoms with E-state index in [4.69, 9.17) is 11.6 Å². The molecule has 0 saturated heterocycles. The molecule has 1 aliphatic rings. The van der Waals surface area contributed by atoms with Gasteiger partial charge in [-0.1, -0.05) is 73.7 Å². The van der Waals surface area contributed by atoms with Gasteiger partial charge in [-0.25, -0.2) is 12.8 Å². The minimum atomic E-state index is -3.52. The van der Waals surface area contributed by atoms with Crippen molar-refractivity contribution in [2.24, 2.45) is 11.8 Å². The predicted octanol–water partition coefficient (Wildman–Crippen LogP) is 8.45. The van der Waals surface area contributed by atoms with Crippen LogP contribution in [0.1, 0.15) is 94.5 Å². The fourth-order valence-corrected chi connectivity index (χ4v) is 6.78. The molecule has 1 saturated carbocycles. The molecule has 45 heavy (non-hydrogen) atoms. The van der Waals surface area contributed by atoms with Crippen molar-refractivity contribution < 1.29 is 22.4 Å². The van der Waals surface area contributed by atoms with Crippen LogP contribution < -0.4 is 10.6 Å². The smallest absolute Gasteiger partial charge is 0.255 e. The molecule has 0 aliphatic heterocycles. The van der Waals surface area contributed by atoms with Crippen LogP contribution in [-0.2, 0) is 21.2 Å². The maximum absolute atomic E-state index is 13.9. The van der Waals surface area contributed by atoms with Gasteiger partial charge in [0.25, 0.3) is 5.91 Å². The monoisotopic (exact) mass is 656 g/mol. The van der Waals surface area contributed by atoms with Gasteiger partial charge in [0.15, 0.2) is 9.84 Å². The molecular weight excluding hydrogens is 611 g/mol. The average molecular weight is 657 g/mol. The first-order valence-corrected chi connectivity index (χ1v) is 18.0. The summed E-state index contributed by atoms with van der Waals surface area (Å²) in [4.78, 5) is 26.1. The molecular formula is C36H46ClFN2O4S. The van der Waals surface area contributed by atoms with Crippen molar-refractivity contribution in [3.8, 4) is 0 Å². The highest BCUT2D eigenvalue weighted by Gasteiger charge is 2.23. The van der Waals surface area contributed by atoms with E-state index in [-0.39, 0.29) is 35.0 Å². The lowest BCUT2D eigenvalue weighted by Gasteiger charge is -2.21. The van der Waals surface area contributed by atoms with Crippen LogP contribution in [-0.4, -0.2) is 26.5 Å². The lowest BCUT2D eigenvalue weighted by Crippen LogP contribution is -2.25. The molecule has 244 valence electrons. The Hall–Kier alpha value is -3.23. The molecule has 0 aromatic heterocycles. The minimum Gasteiger partial charge on any atom is -0.352 e. The zero-order chi connectivity index (χ0) is 33.0. The van der Waals surface area contributed by atoms with Crippen molar-refractivity contribution in [2.75, 3.05) is 6.26 Å². The lowest BCUT2D eigenvalue weighted by atomic mass is 9.89. The van der Waals surface area contributed by atoms with Crippen molar-refractivity contribution in [3.63, 3.8) is 0 Å². The third kappa shape index (κ3) is 11.6. The summed E-state index contributed by atoms with van der Waals surface area (Å²) >= 11 is 6.13. The molecule has 2 N–H and O–H groups in total.